The quantitative estimate of drug-likeness (QED) is 0.531. The Labute approximate surface area is 88.4 Å². The average Bonchev–Trinajstić information content (AvgIpc) is 2.27. The highest BCUT2D eigenvalue weighted by molar-refractivity contribution is 5.93. The summed E-state index contributed by atoms with van der Waals surface area (Å²) in [5, 5.41) is 2.19. The summed E-state index contributed by atoms with van der Waals surface area (Å²) in [5.74, 6) is 0. The standard InChI is InChI=1S/C14H9N/c1-10-5-4-7-12-9-11-6-2-3-8-13(11)15-14(10)12/h3-5,7-9H,1H3. The van der Waals surface area contributed by atoms with E-state index in [1.807, 2.05) is 12.1 Å². The van der Waals surface area contributed by atoms with Crippen LogP contribution in [0.15, 0.2) is 36.4 Å². The summed E-state index contributed by atoms with van der Waals surface area (Å²) in [7, 11) is 0. The maximum absolute atomic E-state index is 4.63. The summed E-state index contributed by atoms with van der Waals surface area (Å²) in [5.41, 5.74) is 3.27. The number of aryl methyl sites for hydroxylation is 1. The molecule has 1 nitrogen and oxygen atoms in total. The van der Waals surface area contributed by atoms with Crippen LogP contribution >= 0.6 is 0 Å². The van der Waals surface area contributed by atoms with E-state index in [9.17, 15) is 0 Å². The van der Waals surface area contributed by atoms with Gasteiger partial charge in [-0.25, -0.2) is 4.98 Å². The maximum Gasteiger partial charge on any atom is 0.0800 e. The van der Waals surface area contributed by atoms with Gasteiger partial charge in [-0.2, -0.15) is 0 Å². The van der Waals surface area contributed by atoms with Crippen LogP contribution in [-0.4, -0.2) is 4.98 Å². The smallest absolute Gasteiger partial charge is 0.0800 e. The largest absolute Gasteiger partial charge is 0.247 e. The van der Waals surface area contributed by atoms with Gasteiger partial charge in [-0.1, -0.05) is 30.3 Å². The molecule has 0 fully saturated rings. The van der Waals surface area contributed by atoms with Crippen molar-refractivity contribution in [2.24, 2.45) is 0 Å². The van der Waals surface area contributed by atoms with Gasteiger partial charge in [0, 0.05) is 5.39 Å². The Balaban J connectivity index is 2.53. The van der Waals surface area contributed by atoms with Crippen molar-refractivity contribution in [3.63, 3.8) is 0 Å². The molecular formula is C14H9N. The Morgan fingerprint density at radius 3 is 3.07 bits per heavy atom. The fourth-order valence-electron chi connectivity index (χ4n) is 1.83. The van der Waals surface area contributed by atoms with Gasteiger partial charge in [0.25, 0.3) is 0 Å². The summed E-state index contributed by atoms with van der Waals surface area (Å²) in [6.45, 7) is 2.08. The van der Waals surface area contributed by atoms with Crippen molar-refractivity contribution in [2.75, 3.05) is 0 Å². The van der Waals surface area contributed by atoms with Crippen molar-refractivity contribution < 1.29 is 0 Å². The highest BCUT2D eigenvalue weighted by atomic mass is 14.7. The van der Waals surface area contributed by atoms with Crippen LogP contribution < -0.4 is 0 Å². The molecule has 1 heteroatoms. The molecule has 0 atom stereocenters. The molecule has 0 aliphatic heterocycles. The number of hydrogen-bond donors (Lipinski definition) is 0. The first-order valence-corrected chi connectivity index (χ1v) is 4.93. The fourth-order valence-corrected chi connectivity index (χ4v) is 1.83. The van der Waals surface area contributed by atoms with E-state index in [1.54, 1.807) is 0 Å². The molecule has 0 aliphatic carbocycles. The number of nitrogens with zero attached hydrogens (tertiary/aromatic N) is 1. The molecule has 0 unspecified atom stereocenters. The van der Waals surface area contributed by atoms with Crippen LogP contribution in [0.2, 0.25) is 0 Å². The van der Waals surface area contributed by atoms with Crippen LogP contribution in [0.5, 0.6) is 0 Å². The van der Waals surface area contributed by atoms with Gasteiger partial charge in [-0.05, 0) is 30.7 Å². The number of rotatable bonds is 0. The topological polar surface area (TPSA) is 12.9 Å². The van der Waals surface area contributed by atoms with Crippen LogP contribution in [0.3, 0.4) is 0 Å². The molecule has 1 aromatic heterocycles. The van der Waals surface area contributed by atoms with E-state index >= 15 is 0 Å². The summed E-state index contributed by atoms with van der Waals surface area (Å²) >= 11 is 0. The molecule has 15 heavy (non-hydrogen) atoms. The molecule has 0 amide bonds. The minimum absolute atomic E-state index is 0.982. The third-order valence-electron chi connectivity index (χ3n) is 2.61. The Morgan fingerprint density at radius 2 is 2.13 bits per heavy atom. The molecule has 0 bridgehead atoms. The van der Waals surface area contributed by atoms with Gasteiger partial charge in [-0.3, -0.25) is 0 Å². The molecule has 0 spiro atoms. The number of hydrogen-bond acceptors (Lipinski definition) is 1. The van der Waals surface area contributed by atoms with Gasteiger partial charge in [0.2, 0.25) is 0 Å². The zero-order valence-electron chi connectivity index (χ0n) is 8.41. The van der Waals surface area contributed by atoms with E-state index in [2.05, 4.69) is 48.3 Å². The Kier molecular flexibility index (Phi) is 1.63. The lowest BCUT2D eigenvalue weighted by Crippen LogP contribution is -1.84. The lowest BCUT2D eigenvalue weighted by molar-refractivity contribution is 1.42. The monoisotopic (exact) mass is 191 g/mol. The van der Waals surface area contributed by atoms with E-state index in [0.29, 0.717) is 0 Å². The predicted molar refractivity (Wildman–Crippen MR) is 61.7 cm³/mol. The van der Waals surface area contributed by atoms with Crippen molar-refractivity contribution in [1.29, 1.82) is 0 Å². The normalized spacial score (nSPS) is 10.5. The van der Waals surface area contributed by atoms with Crippen LogP contribution in [0.4, 0.5) is 0 Å². The first-order chi connectivity index (χ1) is 7.34. The zero-order valence-corrected chi connectivity index (χ0v) is 8.41. The van der Waals surface area contributed by atoms with Crippen LogP contribution in [0.1, 0.15) is 5.56 Å². The predicted octanol–water partition coefficient (Wildman–Crippen LogP) is 3.30. The number of benzene rings is 1. The van der Waals surface area contributed by atoms with Crippen LogP contribution in [-0.2, 0) is 0 Å². The van der Waals surface area contributed by atoms with E-state index in [4.69, 9.17) is 0 Å². The molecule has 2 aromatic carbocycles. The molecule has 0 aliphatic rings. The number of aromatic nitrogens is 1. The Morgan fingerprint density at radius 1 is 1.20 bits per heavy atom. The van der Waals surface area contributed by atoms with Crippen molar-refractivity contribution in [3.8, 4) is 0 Å². The minimum atomic E-state index is 0.982. The van der Waals surface area contributed by atoms with Crippen molar-refractivity contribution in [1.82, 2.24) is 4.98 Å². The van der Waals surface area contributed by atoms with Crippen molar-refractivity contribution >= 4 is 21.8 Å². The van der Waals surface area contributed by atoms with Crippen LogP contribution in [0.25, 0.3) is 21.8 Å². The number of fused-ring (bicyclic) bond motifs is 2. The van der Waals surface area contributed by atoms with E-state index in [0.717, 1.165) is 16.4 Å². The molecule has 3 rings (SSSR count). The molecule has 70 valence electrons. The second-order valence-electron chi connectivity index (χ2n) is 3.67. The summed E-state index contributed by atoms with van der Waals surface area (Å²) in [6, 6.07) is 18.2. The first kappa shape index (κ1) is 8.26. The van der Waals surface area contributed by atoms with Gasteiger partial charge in [0.1, 0.15) is 0 Å². The summed E-state index contributed by atoms with van der Waals surface area (Å²) in [6.07, 6.45) is 0. The van der Waals surface area contributed by atoms with E-state index in [-0.39, 0.29) is 0 Å². The lowest BCUT2D eigenvalue weighted by Gasteiger charge is -2.01. The maximum atomic E-state index is 4.63. The lowest BCUT2D eigenvalue weighted by atomic mass is 10.1. The van der Waals surface area contributed by atoms with E-state index < -0.39 is 0 Å². The second-order valence-corrected chi connectivity index (χ2v) is 3.67. The SMILES string of the molecule is Cc1cccc2cc3c#cccc3nc12. The number of para-hydroxylation sites is 1. The van der Waals surface area contributed by atoms with Crippen molar-refractivity contribution in [3.05, 3.63) is 54.1 Å². The summed E-state index contributed by atoms with van der Waals surface area (Å²) < 4.78 is 0. The molecule has 0 radical (unpaired) electrons. The molecule has 1 heterocycles. The third-order valence-corrected chi connectivity index (χ3v) is 2.61. The fraction of sp³-hybridized carbons (Fsp3) is 0.0714. The Bertz CT molecular complexity index is 641. The summed E-state index contributed by atoms with van der Waals surface area (Å²) in [4.78, 5) is 4.63. The minimum Gasteiger partial charge on any atom is -0.247 e. The zero-order chi connectivity index (χ0) is 10.3. The van der Waals surface area contributed by atoms with Gasteiger partial charge >= 0.3 is 0 Å². The van der Waals surface area contributed by atoms with Gasteiger partial charge in [0.15, 0.2) is 0 Å². The van der Waals surface area contributed by atoms with Crippen molar-refractivity contribution in [2.45, 2.75) is 6.92 Å². The highest BCUT2D eigenvalue weighted by Crippen LogP contribution is 2.20. The first-order valence-electron chi connectivity index (χ1n) is 4.93. The average molecular weight is 191 g/mol. The molecule has 3 aromatic rings. The van der Waals surface area contributed by atoms with Gasteiger partial charge in [-0.15, -0.1) is 0 Å². The van der Waals surface area contributed by atoms with Gasteiger partial charge < -0.3 is 0 Å². The molecule has 0 saturated carbocycles. The highest BCUT2D eigenvalue weighted by Gasteiger charge is 2.00. The Hall–Kier alpha value is -2.07. The second kappa shape index (κ2) is 2.96. The number of pyridine rings is 1. The molecule has 0 N–H and O–H groups in total. The van der Waals surface area contributed by atoms with E-state index in [1.165, 1.54) is 10.9 Å². The molecular weight excluding hydrogens is 182 g/mol. The van der Waals surface area contributed by atoms with Crippen LogP contribution in [0, 0.1) is 19.1 Å². The molecule has 0 saturated heterocycles. The third kappa shape index (κ3) is 1.23. The van der Waals surface area contributed by atoms with Gasteiger partial charge in [0.05, 0.1) is 16.4 Å².